The van der Waals surface area contributed by atoms with Crippen LogP contribution >= 0.6 is 0 Å². The molecule has 1 aliphatic carbocycles. The second-order valence-electron chi connectivity index (χ2n) is 8.68. The molecule has 0 bridgehead atoms. The molecule has 2 heterocycles. The Balaban J connectivity index is 1.27. The Morgan fingerprint density at radius 3 is 2.37 bits per heavy atom. The first-order valence-corrected chi connectivity index (χ1v) is 12.5. The van der Waals surface area contributed by atoms with Crippen molar-refractivity contribution >= 4 is 21.6 Å². The molecule has 2 aromatic carbocycles. The van der Waals surface area contributed by atoms with Crippen molar-refractivity contribution in [2.24, 2.45) is 5.92 Å². The molecule has 2 aliphatic heterocycles. The number of hydrogen-bond donors (Lipinski definition) is 0. The van der Waals surface area contributed by atoms with Gasteiger partial charge in [0.25, 0.3) is 0 Å². The highest BCUT2D eigenvalue weighted by Crippen LogP contribution is 2.32. The Bertz CT molecular complexity index is 1070. The van der Waals surface area contributed by atoms with Gasteiger partial charge < -0.3 is 4.90 Å². The van der Waals surface area contributed by atoms with Gasteiger partial charge >= 0.3 is 0 Å². The molecule has 0 aromatic heterocycles. The molecule has 30 heavy (non-hydrogen) atoms. The summed E-state index contributed by atoms with van der Waals surface area (Å²) in [5.41, 5.74) is 4.71. The fourth-order valence-electron chi connectivity index (χ4n) is 5.15. The molecule has 0 atom stereocenters. The van der Waals surface area contributed by atoms with Gasteiger partial charge in [0.05, 0.1) is 4.90 Å². The van der Waals surface area contributed by atoms with Gasteiger partial charge in [0.1, 0.15) is 0 Å². The lowest BCUT2D eigenvalue weighted by Gasteiger charge is -2.33. The summed E-state index contributed by atoms with van der Waals surface area (Å²) in [5, 5.41) is 0. The molecule has 0 saturated carbocycles. The highest BCUT2D eigenvalue weighted by molar-refractivity contribution is 7.89. The summed E-state index contributed by atoms with van der Waals surface area (Å²) >= 11 is 0. The van der Waals surface area contributed by atoms with Crippen molar-refractivity contribution < 1.29 is 13.2 Å². The van der Waals surface area contributed by atoms with E-state index in [9.17, 15) is 13.2 Å². The van der Waals surface area contributed by atoms with E-state index in [1.807, 2.05) is 35.2 Å². The number of nitrogens with zero attached hydrogens (tertiary/aromatic N) is 2. The summed E-state index contributed by atoms with van der Waals surface area (Å²) in [6.45, 7) is 1.54. The highest BCUT2D eigenvalue weighted by Gasteiger charge is 2.36. The van der Waals surface area contributed by atoms with Crippen molar-refractivity contribution in [1.82, 2.24) is 4.31 Å². The third-order valence-corrected chi connectivity index (χ3v) is 8.81. The van der Waals surface area contributed by atoms with E-state index in [0.717, 1.165) is 37.9 Å². The van der Waals surface area contributed by atoms with Crippen LogP contribution in [0.2, 0.25) is 0 Å². The molecular formula is C24H28N2O3S. The van der Waals surface area contributed by atoms with Gasteiger partial charge in [-0.2, -0.15) is 4.31 Å². The van der Waals surface area contributed by atoms with E-state index >= 15 is 0 Å². The molecule has 0 N–H and O–H groups in total. The lowest BCUT2D eigenvalue weighted by Crippen LogP contribution is -2.44. The summed E-state index contributed by atoms with van der Waals surface area (Å²) in [5.74, 6) is 0.0388. The van der Waals surface area contributed by atoms with E-state index < -0.39 is 10.0 Å². The number of rotatable bonds is 3. The standard InChI is InChI=1S/C24H28N2O3S/c27-24(26-16-13-19-6-3-4-8-23(19)26)20-11-14-25(15-12-20)30(28,29)22-10-9-18-5-1-2-7-21(18)17-22/h3-4,6,8-10,17,20H,1-2,5,7,11-16H2. The summed E-state index contributed by atoms with van der Waals surface area (Å²) in [6.07, 6.45) is 6.39. The van der Waals surface area contributed by atoms with E-state index in [-0.39, 0.29) is 11.8 Å². The molecule has 0 unspecified atom stereocenters. The molecular weight excluding hydrogens is 396 g/mol. The molecule has 1 fully saturated rings. The maximum absolute atomic E-state index is 13.2. The minimum Gasteiger partial charge on any atom is -0.312 e. The van der Waals surface area contributed by atoms with Gasteiger partial charge in [0.15, 0.2) is 0 Å². The Morgan fingerprint density at radius 2 is 1.57 bits per heavy atom. The molecule has 3 aliphatic rings. The SMILES string of the molecule is O=C(C1CCN(S(=O)(=O)c2ccc3c(c2)CCCC3)CC1)N1CCc2ccccc21. The smallest absolute Gasteiger partial charge is 0.243 e. The van der Waals surface area contributed by atoms with Crippen LogP contribution in [0.5, 0.6) is 0 Å². The Labute approximate surface area is 178 Å². The number of sulfonamides is 1. The molecule has 5 rings (SSSR count). The van der Waals surface area contributed by atoms with Crippen molar-refractivity contribution in [3.05, 3.63) is 59.2 Å². The minimum absolute atomic E-state index is 0.105. The van der Waals surface area contributed by atoms with Gasteiger partial charge in [-0.05, 0) is 79.8 Å². The summed E-state index contributed by atoms with van der Waals surface area (Å²) in [7, 11) is -3.50. The third kappa shape index (κ3) is 3.46. The number of carbonyl (C=O) groups is 1. The van der Waals surface area contributed by atoms with Gasteiger partial charge in [-0.1, -0.05) is 24.3 Å². The monoisotopic (exact) mass is 424 g/mol. The largest absolute Gasteiger partial charge is 0.312 e. The maximum atomic E-state index is 13.2. The highest BCUT2D eigenvalue weighted by atomic mass is 32.2. The predicted octanol–water partition coefficient (Wildman–Crippen LogP) is 3.56. The quantitative estimate of drug-likeness (QED) is 0.757. The zero-order valence-corrected chi connectivity index (χ0v) is 18.0. The summed E-state index contributed by atoms with van der Waals surface area (Å²) in [6, 6.07) is 13.7. The number of carbonyl (C=O) groups excluding carboxylic acids is 1. The fraction of sp³-hybridized carbons (Fsp3) is 0.458. The van der Waals surface area contributed by atoms with Crippen molar-refractivity contribution in [2.45, 2.75) is 49.8 Å². The number of piperidine rings is 1. The third-order valence-electron chi connectivity index (χ3n) is 6.91. The lowest BCUT2D eigenvalue weighted by molar-refractivity contribution is -0.123. The normalized spacial score (nSPS) is 20.1. The van der Waals surface area contributed by atoms with Crippen LogP contribution in [-0.4, -0.2) is 38.3 Å². The van der Waals surface area contributed by atoms with E-state index in [0.29, 0.717) is 30.8 Å². The first-order chi connectivity index (χ1) is 14.5. The number of para-hydroxylation sites is 1. The van der Waals surface area contributed by atoms with Crippen LogP contribution in [-0.2, 0) is 34.1 Å². The Hall–Kier alpha value is -2.18. The van der Waals surface area contributed by atoms with Crippen molar-refractivity contribution in [3.63, 3.8) is 0 Å². The van der Waals surface area contributed by atoms with Crippen LogP contribution in [0, 0.1) is 5.92 Å². The van der Waals surface area contributed by atoms with Crippen molar-refractivity contribution in [3.8, 4) is 0 Å². The van der Waals surface area contributed by atoms with Gasteiger partial charge in [0.2, 0.25) is 15.9 Å². The zero-order chi connectivity index (χ0) is 20.7. The van der Waals surface area contributed by atoms with Gasteiger partial charge in [-0.15, -0.1) is 0 Å². The van der Waals surface area contributed by atoms with Crippen LogP contribution < -0.4 is 4.90 Å². The molecule has 1 saturated heterocycles. The number of benzene rings is 2. The maximum Gasteiger partial charge on any atom is 0.243 e. The summed E-state index contributed by atoms with van der Waals surface area (Å²) < 4.78 is 28.0. The first kappa shape index (κ1) is 19.8. The van der Waals surface area contributed by atoms with Crippen LogP contribution in [0.4, 0.5) is 5.69 Å². The molecule has 6 heteroatoms. The minimum atomic E-state index is -3.50. The molecule has 5 nitrogen and oxygen atoms in total. The topological polar surface area (TPSA) is 57.7 Å². The second-order valence-corrected chi connectivity index (χ2v) is 10.6. The molecule has 1 amide bonds. The Kier molecular flexibility index (Phi) is 5.15. The van der Waals surface area contributed by atoms with Gasteiger partial charge in [-0.3, -0.25) is 4.79 Å². The molecule has 0 radical (unpaired) electrons. The second kappa shape index (κ2) is 7.82. The molecule has 0 spiro atoms. The van der Waals surface area contributed by atoms with E-state index in [4.69, 9.17) is 0 Å². The van der Waals surface area contributed by atoms with E-state index in [2.05, 4.69) is 6.07 Å². The van der Waals surface area contributed by atoms with E-state index in [1.54, 1.807) is 10.4 Å². The predicted molar refractivity (Wildman–Crippen MR) is 117 cm³/mol. The van der Waals surface area contributed by atoms with Crippen LogP contribution in [0.3, 0.4) is 0 Å². The van der Waals surface area contributed by atoms with Gasteiger partial charge in [-0.25, -0.2) is 8.42 Å². The summed E-state index contributed by atoms with van der Waals surface area (Å²) in [4.78, 5) is 15.4. The number of fused-ring (bicyclic) bond motifs is 2. The van der Waals surface area contributed by atoms with Crippen LogP contribution in [0.1, 0.15) is 42.4 Å². The molecule has 158 valence electrons. The zero-order valence-electron chi connectivity index (χ0n) is 17.2. The van der Waals surface area contributed by atoms with Gasteiger partial charge in [0, 0.05) is 31.2 Å². The average molecular weight is 425 g/mol. The number of amides is 1. The average Bonchev–Trinajstić information content (AvgIpc) is 3.22. The van der Waals surface area contributed by atoms with E-state index in [1.165, 1.54) is 23.1 Å². The number of hydrogen-bond acceptors (Lipinski definition) is 3. The van der Waals surface area contributed by atoms with Crippen molar-refractivity contribution in [1.29, 1.82) is 0 Å². The lowest BCUT2D eigenvalue weighted by atomic mass is 9.92. The van der Waals surface area contributed by atoms with Crippen LogP contribution in [0.15, 0.2) is 47.4 Å². The van der Waals surface area contributed by atoms with Crippen molar-refractivity contribution in [2.75, 3.05) is 24.5 Å². The molecule has 2 aromatic rings. The fourth-order valence-corrected chi connectivity index (χ4v) is 6.67. The number of anilines is 1. The Morgan fingerprint density at radius 1 is 0.833 bits per heavy atom. The number of aryl methyl sites for hydroxylation is 2. The first-order valence-electron chi connectivity index (χ1n) is 11.1. The van der Waals surface area contributed by atoms with Crippen LogP contribution in [0.25, 0.3) is 0 Å².